The van der Waals surface area contributed by atoms with Gasteiger partial charge in [0.1, 0.15) is 12.7 Å². The average molecular weight is 316 g/mol. The fourth-order valence-corrected chi connectivity index (χ4v) is 2.28. The fraction of sp³-hybridized carbons (Fsp3) is 0.471. The Morgan fingerprint density at radius 3 is 2.87 bits per heavy atom. The predicted octanol–water partition coefficient (Wildman–Crippen LogP) is 1.80. The van der Waals surface area contributed by atoms with Crippen LogP contribution in [0.3, 0.4) is 0 Å². The molecule has 23 heavy (non-hydrogen) atoms. The molecule has 1 aromatic carbocycles. The molecule has 124 valence electrons. The van der Waals surface area contributed by atoms with E-state index in [1.54, 1.807) is 30.9 Å². The second-order valence-corrected chi connectivity index (χ2v) is 6.50. The number of rotatable bonds is 7. The van der Waals surface area contributed by atoms with Crippen LogP contribution in [0.4, 0.5) is 0 Å². The van der Waals surface area contributed by atoms with Gasteiger partial charge in [0.25, 0.3) is 5.91 Å². The van der Waals surface area contributed by atoms with E-state index >= 15 is 0 Å². The third-order valence-electron chi connectivity index (χ3n) is 3.52. The number of aromatic nitrogens is 3. The molecule has 0 radical (unpaired) electrons. The highest BCUT2D eigenvalue weighted by molar-refractivity contribution is 5.94. The number of hydrogen-bond acceptors (Lipinski definition) is 4. The Balaban J connectivity index is 1.93. The first-order chi connectivity index (χ1) is 10.8. The number of amides is 1. The first kappa shape index (κ1) is 17.1. The van der Waals surface area contributed by atoms with Gasteiger partial charge in [-0.25, -0.2) is 4.98 Å². The van der Waals surface area contributed by atoms with Gasteiger partial charge in [-0.1, -0.05) is 12.1 Å². The normalized spacial score (nSPS) is 12.9. The van der Waals surface area contributed by atoms with Crippen molar-refractivity contribution in [3.8, 4) is 0 Å². The van der Waals surface area contributed by atoms with Crippen molar-refractivity contribution in [3.63, 3.8) is 0 Å². The maximum Gasteiger partial charge on any atom is 0.251 e. The van der Waals surface area contributed by atoms with Crippen molar-refractivity contribution in [2.45, 2.75) is 51.8 Å². The molecular formula is C17H24N4O2. The van der Waals surface area contributed by atoms with Gasteiger partial charge < -0.3 is 10.4 Å². The molecule has 0 bridgehead atoms. The molecular weight excluding hydrogens is 292 g/mol. The van der Waals surface area contributed by atoms with Crippen LogP contribution in [-0.4, -0.2) is 37.4 Å². The molecule has 1 heterocycles. The molecule has 0 aliphatic rings. The zero-order valence-corrected chi connectivity index (χ0v) is 13.9. The highest BCUT2D eigenvalue weighted by Gasteiger charge is 2.14. The summed E-state index contributed by atoms with van der Waals surface area (Å²) in [6, 6.07) is 7.47. The third-order valence-corrected chi connectivity index (χ3v) is 3.52. The Labute approximate surface area is 136 Å². The van der Waals surface area contributed by atoms with E-state index in [0.29, 0.717) is 18.5 Å². The van der Waals surface area contributed by atoms with Crippen LogP contribution in [-0.2, 0) is 13.0 Å². The Hall–Kier alpha value is -2.21. The Bertz CT molecular complexity index is 632. The van der Waals surface area contributed by atoms with Crippen LogP contribution < -0.4 is 5.32 Å². The molecule has 0 aliphatic carbocycles. The minimum absolute atomic E-state index is 0.0516. The van der Waals surface area contributed by atoms with Gasteiger partial charge in [-0.05, 0) is 51.3 Å². The number of aliphatic hydroxyl groups is 1. The first-order valence-corrected chi connectivity index (χ1v) is 7.78. The van der Waals surface area contributed by atoms with Gasteiger partial charge in [0.15, 0.2) is 0 Å². The zero-order valence-electron chi connectivity index (χ0n) is 13.9. The number of nitrogens with one attached hydrogen (secondary N) is 1. The minimum atomic E-state index is -0.704. The van der Waals surface area contributed by atoms with Crippen molar-refractivity contribution >= 4 is 5.91 Å². The SMILES string of the molecule is CC(Cn1cncn1)NC(=O)c1cccc(CCC(C)(C)O)c1. The third kappa shape index (κ3) is 5.83. The molecule has 0 saturated heterocycles. The van der Waals surface area contributed by atoms with E-state index in [0.717, 1.165) is 12.0 Å². The summed E-state index contributed by atoms with van der Waals surface area (Å²) in [7, 11) is 0. The number of benzene rings is 1. The van der Waals surface area contributed by atoms with Crippen LogP contribution in [0.2, 0.25) is 0 Å². The van der Waals surface area contributed by atoms with E-state index < -0.39 is 5.60 Å². The van der Waals surface area contributed by atoms with Crippen LogP contribution >= 0.6 is 0 Å². The number of carbonyl (C=O) groups excluding carboxylic acids is 1. The molecule has 0 aliphatic heterocycles. The van der Waals surface area contributed by atoms with Gasteiger partial charge in [0.05, 0.1) is 12.1 Å². The summed E-state index contributed by atoms with van der Waals surface area (Å²) in [6.45, 7) is 6.08. The van der Waals surface area contributed by atoms with E-state index in [4.69, 9.17) is 0 Å². The Morgan fingerprint density at radius 2 is 2.22 bits per heavy atom. The highest BCUT2D eigenvalue weighted by Crippen LogP contribution is 2.14. The number of hydrogen-bond donors (Lipinski definition) is 2. The molecule has 1 atom stereocenters. The van der Waals surface area contributed by atoms with Gasteiger partial charge in [0, 0.05) is 11.6 Å². The van der Waals surface area contributed by atoms with Crippen molar-refractivity contribution in [2.75, 3.05) is 0 Å². The topological polar surface area (TPSA) is 80.0 Å². The van der Waals surface area contributed by atoms with Crippen LogP contribution in [0, 0.1) is 0 Å². The van der Waals surface area contributed by atoms with Gasteiger partial charge in [0.2, 0.25) is 0 Å². The lowest BCUT2D eigenvalue weighted by Gasteiger charge is -2.17. The standard InChI is InChI=1S/C17H24N4O2/c1-13(10-21-12-18-11-19-21)20-16(22)15-6-4-5-14(9-15)7-8-17(2,3)23/h4-6,9,11-13,23H,7-8,10H2,1-3H3,(H,20,22). The predicted molar refractivity (Wildman–Crippen MR) is 88.0 cm³/mol. The lowest BCUT2D eigenvalue weighted by atomic mass is 9.98. The van der Waals surface area contributed by atoms with Crippen LogP contribution in [0.1, 0.15) is 43.1 Å². The summed E-state index contributed by atoms with van der Waals surface area (Å²) in [5.74, 6) is -0.109. The van der Waals surface area contributed by atoms with Crippen molar-refractivity contribution in [1.82, 2.24) is 20.1 Å². The van der Waals surface area contributed by atoms with Crippen molar-refractivity contribution in [3.05, 3.63) is 48.0 Å². The second-order valence-electron chi connectivity index (χ2n) is 6.50. The first-order valence-electron chi connectivity index (χ1n) is 7.78. The summed E-state index contributed by atoms with van der Waals surface area (Å²) in [5.41, 5.74) is 0.970. The summed E-state index contributed by atoms with van der Waals surface area (Å²) in [4.78, 5) is 16.2. The average Bonchev–Trinajstić information content (AvgIpc) is 2.97. The van der Waals surface area contributed by atoms with Gasteiger partial charge >= 0.3 is 0 Å². The molecule has 2 aromatic rings. The van der Waals surface area contributed by atoms with Gasteiger partial charge in [-0.15, -0.1) is 0 Å². The monoisotopic (exact) mass is 316 g/mol. The molecule has 1 unspecified atom stereocenters. The van der Waals surface area contributed by atoms with Crippen molar-refractivity contribution in [1.29, 1.82) is 0 Å². The van der Waals surface area contributed by atoms with Gasteiger partial charge in [-0.3, -0.25) is 9.48 Å². The molecule has 1 amide bonds. The maximum atomic E-state index is 12.3. The van der Waals surface area contributed by atoms with Crippen LogP contribution in [0.5, 0.6) is 0 Å². The summed E-state index contributed by atoms with van der Waals surface area (Å²) in [5, 5.41) is 16.8. The van der Waals surface area contributed by atoms with Crippen LogP contribution in [0.15, 0.2) is 36.9 Å². The van der Waals surface area contributed by atoms with Gasteiger partial charge in [-0.2, -0.15) is 5.10 Å². The second kappa shape index (κ2) is 7.37. The van der Waals surface area contributed by atoms with E-state index in [1.165, 1.54) is 6.33 Å². The number of carbonyl (C=O) groups is 1. The molecule has 0 saturated carbocycles. The van der Waals surface area contributed by atoms with E-state index in [1.807, 2.05) is 25.1 Å². The molecule has 0 fully saturated rings. The molecule has 6 heteroatoms. The Kier molecular flexibility index (Phi) is 5.50. The lowest BCUT2D eigenvalue weighted by molar-refractivity contribution is 0.0714. The molecule has 6 nitrogen and oxygen atoms in total. The lowest BCUT2D eigenvalue weighted by Crippen LogP contribution is -2.35. The Morgan fingerprint density at radius 1 is 1.43 bits per heavy atom. The number of aryl methyl sites for hydroxylation is 1. The fourth-order valence-electron chi connectivity index (χ4n) is 2.28. The molecule has 1 aromatic heterocycles. The smallest absolute Gasteiger partial charge is 0.251 e. The quantitative estimate of drug-likeness (QED) is 0.816. The largest absolute Gasteiger partial charge is 0.390 e. The number of nitrogens with zero attached hydrogens (tertiary/aromatic N) is 3. The maximum absolute atomic E-state index is 12.3. The highest BCUT2D eigenvalue weighted by atomic mass is 16.3. The molecule has 2 N–H and O–H groups in total. The van der Waals surface area contributed by atoms with Crippen molar-refractivity contribution < 1.29 is 9.90 Å². The van der Waals surface area contributed by atoms with E-state index in [9.17, 15) is 9.90 Å². The van der Waals surface area contributed by atoms with E-state index in [2.05, 4.69) is 15.4 Å². The summed E-state index contributed by atoms with van der Waals surface area (Å²) >= 11 is 0. The molecule has 2 rings (SSSR count). The summed E-state index contributed by atoms with van der Waals surface area (Å²) in [6.07, 6.45) is 4.49. The van der Waals surface area contributed by atoms with Crippen molar-refractivity contribution in [2.24, 2.45) is 0 Å². The van der Waals surface area contributed by atoms with Crippen LogP contribution in [0.25, 0.3) is 0 Å². The molecule has 0 spiro atoms. The summed E-state index contributed by atoms with van der Waals surface area (Å²) < 4.78 is 1.69. The minimum Gasteiger partial charge on any atom is -0.390 e. The zero-order chi connectivity index (χ0) is 16.9. The van der Waals surface area contributed by atoms with E-state index in [-0.39, 0.29) is 11.9 Å².